The Hall–Kier alpha value is -2.11. The molecule has 5 nitrogen and oxygen atoms in total. The molecule has 0 saturated carbocycles. The highest BCUT2D eigenvalue weighted by molar-refractivity contribution is 5.94. The van der Waals surface area contributed by atoms with Crippen LogP contribution in [0.3, 0.4) is 0 Å². The van der Waals surface area contributed by atoms with Crippen molar-refractivity contribution in [2.75, 3.05) is 32.8 Å². The summed E-state index contributed by atoms with van der Waals surface area (Å²) in [4.78, 5) is 17.0. The molecule has 1 aromatic carbocycles. The van der Waals surface area contributed by atoms with Crippen molar-refractivity contribution in [1.29, 1.82) is 0 Å². The molecule has 1 aromatic heterocycles. The zero-order valence-corrected chi connectivity index (χ0v) is 13.9. The number of amides is 1. The Balaban J connectivity index is 1.45. The molecule has 0 bridgehead atoms. The third kappa shape index (κ3) is 3.09. The molecule has 2 aromatic rings. The van der Waals surface area contributed by atoms with Gasteiger partial charge in [-0.25, -0.2) is 0 Å². The zero-order chi connectivity index (χ0) is 16.4. The van der Waals surface area contributed by atoms with Gasteiger partial charge >= 0.3 is 0 Å². The molecule has 1 amide bonds. The Morgan fingerprint density at radius 3 is 2.54 bits per heavy atom. The first-order valence-electron chi connectivity index (χ1n) is 8.63. The normalized spacial score (nSPS) is 18.4. The number of fused-ring (bicyclic) bond motifs is 1. The van der Waals surface area contributed by atoms with Crippen LogP contribution in [0.25, 0.3) is 0 Å². The number of rotatable bonds is 3. The van der Waals surface area contributed by atoms with Crippen molar-refractivity contribution in [2.24, 2.45) is 0 Å². The lowest BCUT2D eigenvalue weighted by Crippen LogP contribution is -2.40. The molecule has 1 fully saturated rings. The van der Waals surface area contributed by atoms with Crippen LogP contribution in [0.15, 0.2) is 42.5 Å². The second-order valence-corrected chi connectivity index (χ2v) is 6.45. The minimum atomic E-state index is 0.123. The molecule has 24 heavy (non-hydrogen) atoms. The minimum Gasteiger partial charge on any atom is -0.379 e. The van der Waals surface area contributed by atoms with E-state index in [0.29, 0.717) is 6.54 Å². The van der Waals surface area contributed by atoms with Gasteiger partial charge in [-0.2, -0.15) is 0 Å². The molecule has 2 aliphatic heterocycles. The van der Waals surface area contributed by atoms with E-state index in [-0.39, 0.29) is 5.91 Å². The SMILES string of the molecule is O=C(c1ccccc1)N1CCn2c(CN3CCOCC3)ccc2C1. The van der Waals surface area contributed by atoms with Crippen molar-refractivity contribution >= 4 is 5.91 Å². The molecular formula is C19H23N3O2. The van der Waals surface area contributed by atoms with Crippen LogP contribution in [-0.2, 0) is 24.4 Å². The summed E-state index contributed by atoms with van der Waals surface area (Å²) in [6, 6.07) is 13.9. The Labute approximate surface area is 142 Å². The summed E-state index contributed by atoms with van der Waals surface area (Å²) in [5, 5.41) is 0. The Morgan fingerprint density at radius 2 is 1.75 bits per heavy atom. The quantitative estimate of drug-likeness (QED) is 0.866. The predicted octanol–water partition coefficient (Wildman–Crippen LogP) is 1.98. The van der Waals surface area contributed by atoms with Crippen LogP contribution in [0.2, 0.25) is 0 Å². The van der Waals surface area contributed by atoms with Crippen molar-refractivity contribution in [3.63, 3.8) is 0 Å². The fourth-order valence-electron chi connectivity index (χ4n) is 3.54. The smallest absolute Gasteiger partial charge is 0.254 e. The minimum absolute atomic E-state index is 0.123. The maximum Gasteiger partial charge on any atom is 0.254 e. The van der Waals surface area contributed by atoms with Crippen LogP contribution < -0.4 is 0 Å². The van der Waals surface area contributed by atoms with Gasteiger partial charge in [0.15, 0.2) is 0 Å². The van der Waals surface area contributed by atoms with Crippen molar-refractivity contribution in [3.05, 3.63) is 59.4 Å². The molecule has 3 heterocycles. The maximum absolute atomic E-state index is 12.6. The Morgan fingerprint density at radius 1 is 0.958 bits per heavy atom. The summed E-state index contributed by atoms with van der Waals surface area (Å²) in [6.45, 7) is 6.96. The summed E-state index contributed by atoms with van der Waals surface area (Å²) in [5.41, 5.74) is 3.35. The third-order valence-electron chi connectivity index (χ3n) is 4.91. The molecule has 5 heteroatoms. The number of nitrogens with zero attached hydrogens (tertiary/aromatic N) is 3. The van der Waals surface area contributed by atoms with Gasteiger partial charge in [0.2, 0.25) is 0 Å². The molecular weight excluding hydrogens is 302 g/mol. The van der Waals surface area contributed by atoms with E-state index in [1.807, 2.05) is 35.2 Å². The van der Waals surface area contributed by atoms with E-state index >= 15 is 0 Å². The molecule has 0 unspecified atom stereocenters. The summed E-state index contributed by atoms with van der Waals surface area (Å²) in [6.07, 6.45) is 0. The molecule has 0 aliphatic carbocycles. The van der Waals surface area contributed by atoms with Crippen molar-refractivity contribution in [2.45, 2.75) is 19.6 Å². The molecule has 0 N–H and O–H groups in total. The lowest BCUT2D eigenvalue weighted by atomic mass is 10.2. The predicted molar refractivity (Wildman–Crippen MR) is 91.7 cm³/mol. The number of carbonyl (C=O) groups excluding carboxylic acids is 1. The highest BCUT2D eigenvalue weighted by Crippen LogP contribution is 2.20. The lowest BCUT2D eigenvalue weighted by Gasteiger charge is -2.31. The summed E-state index contributed by atoms with van der Waals surface area (Å²) in [5.74, 6) is 0.123. The van der Waals surface area contributed by atoms with E-state index in [9.17, 15) is 4.79 Å². The van der Waals surface area contributed by atoms with Crippen molar-refractivity contribution in [1.82, 2.24) is 14.4 Å². The maximum atomic E-state index is 12.6. The number of aromatic nitrogens is 1. The van der Waals surface area contributed by atoms with Crippen LogP contribution in [0, 0.1) is 0 Å². The van der Waals surface area contributed by atoms with Gasteiger partial charge in [-0.1, -0.05) is 18.2 Å². The Kier molecular flexibility index (Phi) is 4.36. The number of hydrogen-bond acceptors (Lipinski definition) is 3. The van der Waals surface area contributed by atoms with E-state index in [1.165, 1.54) is 11.4 Å². The summed E-state index contributed by atoms with van der Waals surface area (Å²) >= 11 is 0. The van der Waals surface area contributed by atoms with Gasteiger partial charge in [-0.3, -0.25) is 9.69 Å². The first kappa shape index (κ1) is 15.4. The number of morpholine rings is 1. The highest BCUT2D eigenvalue weighted by Gasteiger charge is 2.23. The number of ether oxygens (including phenoxy) is 1. The standard InChI is InChI=1S/C19H23N3O2/c23-19(16-4-2-1-3-5-16)21-8-9-22-17(6-7-18(22)15-21)14-20-10-12-24-13-11-20/h1-7H,8-15H2. The van der Waals surface area contributed by atoms with Crippen LogP contribution in [0.1, 0.15) is 21.7 Å². The van der Waals surface area contributed by atoms with E-state index in [2.05, 4.69) is 21.6 Å². The first-order chi connectivity index (χ1) is 11.8. The molecule has 4 rings (SSSR count). The molecule has 1 saturated heterocycles. The van der Waals surface area contributed by atoms with Crippen LogP contribution in [-0.4, -0.2) is 53.1 Å². The van der Waals surface area contributed by atoms with Gasteiger partial charge in [-0.05, 0) is 24.3 Å². The molecule has 0 atom stereocenters. The lowest BCUT2D eigenvalue weighted by molar-refractivity contribution is 0.0328. The van der Waals surface area contributed by atoms with Gasteiger partial charge in [0.1, 0.15) is 0 Å². The van der Waals surface area contributed by atoms with Crippen LogP contribution >= 0.6 is 0 Å². The molecule has 2 aliphatic rings. The summed E-state index contributed by atoms with van der Waals surface area (Å²) < 4.78 is 7.80. The largest absolute Gasteiger partial charge is 0.379 e. The number of carbonyl (C=O) groups is 1. The summed E-state index contributed by atoms with van der Waals surface area (Å²) in [7, 11) is 0. The topological polar surface area (TPSA) is 37.7 Å². The van der Waals surface area contributed by atoms with E-state index in [0.717, 1.165) is 51.5 Å². The molecule has 0 spiro atoms. The number of hydrogen-bond donors (Lipinski definition) is 0. The highest BCUT2D eigenvalue weighted by atomic mass is 16.5. The van der Waals surface area contributed by atoms with Gasteiger partial charge in [0, 0.05) is 49.7 Å². The average Bonchev–Trinajstić information content (AvgIpc) is 3.05. The van der Waals surface area contributed by atoms with Crippen molar-refractivity contribution < 1.29 is 9.53 Å². The molecule has 0 radical (unpaired) electrons. The average molecular weight is 325 g/mol. The van der Waals surface area contributed by atoms with Crippen LogP contribution in [0.4, 0.5) is 0 Å². The Bertz CT molecular complexity index is 705. The second kappa shape index (κ2) is 6.79. The van der Waals surface area contributed by atoms with Crippen molar-refractivity contribution in [3.8, 4) is 0 Å². The fraction of sp³-hybridized carbons (Fsp3) is 0.421. The van der Waals surface area contributed by atoms with Gasteiger partial charge in [-0.15, -0.1) is 0 Å². The first-order valence-corrected chi connectivity index (χ1v) is 8.63. The van der Waals surface area contributed by atoms with Gasteiger partial charge < -0.3 is 14.2 Å². The monoisotopic (exact) mass is 325 g/mol. The number of benzene rings is 1. The van der Waals surface area contributed by atoms with Gasteiger partial charge in [0.25, 0.3) is 5.91 Å². The second-order valence-electron chi connectivity index (χ2n) is 6.45. The third-order valence-corrected chi connectivity index (χ3v) is 4.91. The van der Waals surface area contributed by atoms with E-state index < -0.39 is 0 Å². The van der Waals surface area contributed by atoms with Crippen LogP contribution in [0.5, 0.6) is 0 Å². The molecule has 126 valence electrons. The zero-order valence-electron chi connectivity index (χ0n) is 13.9. The van der Waals surface area contributed by atoms with E-state index in [4.69, 9.17) is 4.74 Å². The fourth-order valence-corrected chi connectivity index (χ4v) is 3.54. The van der Waals surface area contributed by atoms with Gasteiger partial charge in [0.05, 0.1) is 19.8 Å². The van der Waals surface area contributed by atoms with E-state index in [1.54, 1.807) is 0 Å².